The molecule has 126 valence electrons. The molecule has 0 aromatic heterocycles. The molecule has 2 aromatic carbocycles. The number of carbonyl (C=O) groups is 1. The third-order valence-electron chi connectivity index (χ3n) is 3.62. The van der Waals surface area contributed by atoms with Gasteiger partial charge in [-0.2, -0.15) is 0 Å². The summed E-state index contributed by atoms with van der Waals surface area (Å²) >= 11 is 0. The van der Waals surface area contributed by atoms with Gasteiger partial charge in [-0.1, -0.05) is 63.2 Å². The van der Waals surface area contributed by atoms with Gasteiger partial charge < -0.3 is 0 Å². The van der Waals surface area contributed by atoms with Gasteiger partial charge in [-0.25, -0.2) is 0 Å². The Bertz CT molecular complexity index is 743. The van der Waals surface area contributed by atoms with Crippen LogP contribution in [-0.2, 0) is 14.5 Å². The maximum atomic E-state index is 13.1. The zero-order valence-electron chi connectivity index (χ0n) is 14.9. The summed E-state index contributed by atoms with van der Waals surface area (Å²) in [6.07, 6.45) is -0.174. The summed E-state index contributed by atoms with van der Waals surface area (Å²) in [6, 6.07) is 14.6. The average Bonchev–Trinajstić information content (AvgIpc) is 2.52. The van der Waals surface area contributed by atoms with Crippen molar-refractivity contribution in [2.75, 3.05) is 0 Å². The number of ketones is 1. The first kappa shape index (κ1) is 18.5. The molecule has 24 heavy (non-hydrogen) atoms. The van der Waals surface area contributed by atoms with Gasteiger partial charge in [0.2, 0.25) is 5.30 Å². The van der Waals surface area contributed by atoms with Crippen molar-refractivity contribution >= 4 is 19.1 Å². The van der Waals surface area contributed by atoms with Gasteiger partial charge in [0.25, 0.3) is 0 Å². The van der Waals surface area contributed by atoms with E-state index in [-0.39, 0.29) is 17.3 Å². The molecule has 0 amide bonds. The summed E-state index contributed by atoms with van der Waals surface area (Å²) in [7, 11) is -2.09. The Balaban J connectivity index is 2.65. The van der Waals surface area contributed by atoms with Crippen molar-refractivity contribution in [3.05, 3.63) is 65.2 Å². The lowest BCUT2D eigenvalue weighted by molar-refractivity contribution is 0.103. The minimum Gasteiger partial charge on any atom is -0.288 e. The Kier molecular flexibility index (Phi) is 5.69. The van der Waals surface area contributed by atoms with Crippen molar-refractivity contribution in [3.63, 3.8) is 0 Å². The molecule has 0 heterocycles. The number of carbonyl (C=O) groups excluding carboxylic acids is 1. The quantitative estimate of drug-likeness (QED) is 0.566. The standard InChI is InChI=1S/C20H24O3P/c1-14(2)23-24(22)17-13-9-12-16(20(3,4)5)18(17)19(21)15-10-7-6-8-11-15/h6-14H,1-5H3/q+1. The molecular formula is C20H24O3P+. The predicted octanol–water partition coefficient (Wildman–Crippen LogP) is 5.01. The van der Waals surface area contributed by atoms with Gasteiger partial charge in [0, 0.05) is 5.56 Å². The van der Waals surface area contributed by atoms with Crippen molar-refractivity contribution in [2.24, 2.45) is 0 Å². The van der Waals surface area contributed by atoms with Crippen LogP contribution >= 0.6 is 8.03 Å². The minimum atomic E-state index is -2.09. The van der Waals surface area contributed by atoms with Gasteiger partial charge in [0.1, 0.15) is 6.10 Å². The van der Waals surface area contributed by atoms with Crippen LogP contribution in [0.4, 0.5) is 0 Å². The summed E-state index contributed by atoms with van der Waals surface area (Å²) in [6.45, 7) is 9.80. The van der Waals surface area contributed by atoms with Crippen LogP contribution in [0.1, 0.15) is 56.1 Å². The van der Waals surface area contributed by atoms with Gasteiger partial charge in [-0.05, 0) is 35.5 Å². The highest BCUT2D eigenvalue weighted by molar-refractivity contribution is 7.48. The molecule has 0 saturated carbocycles. The van der Waals surface area contributed by atoms with Gasteiger partial charge in [-0.15, -0.1) is 4.52 Å². The van der Waals surface area contributed by atoms with E-state index in [1.807, 2.05) is 65.0 Å². The third-order valence-corrected chi connectivity index (χ3v) is 5.00. The van der Waals surface area contributed by atoms with Crippen LogP contribution < -0.4 is 5.30 Å². The maximum absolute atomic E-state index is 13.1. The van der Waals surface area contributed by atoms with Crippen molar-refractivity contribution in [2.45, 2.75) is 46.1 Å². The first-order valence-electron chi connectivity index (χ1n) is 8.09. The smallest absolute Gasteiger partial charge is 0.288 e. The van der Waals surface area contributed by atoms with Crippen molar-refractivity contribution in [1.82, 2.24) is 0 Å². The number of hydrogen-bond donors (Lipinski definition) is 0. The lowest BCUT2D eigenvalue weighted by Crippen LogP contribution is -2.24. The van der Waals surface area contributed by atoms with E-state index in [9.17, 15) is 9.36 Å². The molecule has 0 aliphatic rings. The van der Waals surface area contributed by atoms with E-state index in [1.165, 1.54) is 0 Å². The second-order valence-corrected chi connectivity index (χ2v) is 8.26. The van der Waals surface area contributed by atoms with Crippen LogP contribution in [0.25, 0.3) is 0 Å². The van der Waals surface area contributed by atoms with E-state index < -0.39 is 8.03 Å². The number of rotatable bonds is 5. The predicted molar refractivity (Wildman–Crippen MR) is 98.5 cm³/mol. The van der Waals surface area contributed by atoms with Crippen molar-refractivity contribution in [3.8, 4) is 0 Å². The maximum Gasteiger partial charge on any atom is 0.549 e. The van der Waals surface area contributed by atoms with Crippen LogP contribution in [0.15, 0.2) is 48.5 Å². The molecule has 0 spiro atoms. The van der Waals surface area contributed by atoms with Crippen LogP contribution in [-0.4, -0.2) is 11.9 Å². The molecular weight excluding hydrogens is 319 g/mol. The van der Waals surface area contributed by atoms with E-state index in [1.54, 1.807) is 18.2 Å². The van der Waals surface area contributed by atoms with Crippen LogP contribution in [0.2, 0.25) is 0 Å². The van der Waals surface area contributed by atoms with E-state index in [0.717, 1.165) is 5.56 Å². The highest BCUT2D eigenvalue weighted by Crippen LogP contribution is 2.33. The zero-order chi connectivity index (χ0) is 17.9. The minimum absolute atomic E-state index is 0.119. The summed E-state index contributed by atoms with van der Waals surface area (Å²) in [5.74, 6) is -0.119. The van der Waals surface area contributed by atoms with E-state index >= 15 is 0 Å². The Hall–Kier alpha value is -1.83. The molecule has 0 aliphatic carbocycles. The molecule has 0 fully saturated rings. The van der Waals surface area contributed by atoms with E-state index in [4.69, 9.17) is 4.52 Å². The Morgan fingerprint density at radius 2 is 1.62 bits per heavy atom. The molecule has 0 N–H and O–H groups in total. The fraction of sp³-hybridized carbons (Fsp3) is 0.350. The first-order chi connectivity index (χ1) is 11.2. The fourth-order valence-electron chi connectivity index (χ4n) is 2.54. The SMILES string of the molecule is CC(C)O[P+](=O)c1cccc(C(C)(C)C)c1C(=O)c1ccccc1. The Morgan fingerprint density at radius 1 is 1.00 bits per heavy atom. The largest absolute Gasteiger partial charge is 0.549 e. The third kappa shape index (κ3) is 4.17. The molecule has 0 bridgehead atoms. The molecule has 4 heteroatoms. The molecule has 2 rings (SSSR count). The van der Waals surface area contributed by atoms with Gasteiger partial charge >= 0.3 is 8.03 Å². The van der Waals surface area contributed by atoms with Crippen LogP contribution in [0.5, 0.6) is 0 Å². The molecule has 0 saturated heterocycles. The highest BCUT2D eigenvalue weighted by Gasteiger charge is 2.35. The van der Waals surface area contributed by atoms with Crippen LogP contribution in [0, 0.1) is 0 Å². The molecule has 3 nitrogen and oxygen atoms in total. The second kappa shape index (κ2) is 7.38. The van der Waals surface area contributed by atoms with Gasteiger partial charge in [-0.3, -0.25) is 4.79 Å². The number of benzene rings is 2. The van der Waals surface area contributed by atoms with E-state index in [0.29, 0.717) is 16.4 Å². The summed E-state index contributed by atoms with van der Waals surface area (Å²) in [5.41, 5.74) is 1.72. The average molecular weight is 343 g/mol. The molecule has 0 aliphatic heterocycles. The molecule has 1 unspecified atom stereocenters. The van der Waals surface area contributed by atoms with Crippen LogP contribution in [0.3, 0.4) is 0 Å². The lowest BCUT2D eigenvalue weighted by atomic mass is 9.82. The van der Waals surface area contributed by atoms with Gasteiger partial charge in [0.15, 0.2) is 5.78 Å². The Labute approximate surface area is 144 Å². The van der Waals surface area contributed by atoms with Crippen molar-refractivity contribution < 1.29 is 13.9 Å². The van der Waals surface area contributed by atoms with Gasteiger partial charge in [0.05, 0.1) is 5.56 Å². The second-order valence-electron chi connectivity index (χ2n) is 7.06. The normalized spacial score (nSPS) is 12.3. The zero-order valence-corrected chi connectivity index (χ0v) is 15.8. The topological polar surface area (TPSA) is 43.4 Å². The molecule has 1 atom stereocenters. The monoisotopic (exact) mass is 343 g/mol. The summed E-state index contributed by atoms with van der Waals surface area (Å²) in [5, 5.41) is 0.472. The lowest BCUT2D eigenvalue weighted by Gasteiger charge is -2.22. The number of hydrogen-bond acceptors (Lipinski definition) is 3. The molecule has 0 radical (unpaired) electrons. The highest BCUT2D eigenvalue weighted by atomic mass is 31.1. The Morgan fingerprint density at radius 3 is 2.17 bits per heavy atom. The fourth-order valence-corrected chi connectivity index (χ4v) is 3.65. The summed E-state index contributed by atoms with van der Waals surface area (Å²) < 4.78 is 18.2. The first-order valence-corrected chi connectivity index (χ1v) is 9.27. The van der Waals surface area contributed by atoms with Crippen molar-refractivity contribution in [1.29, 1.82) is 0 Å². The summed E-state index contributed by atoms with van der Waals surface area (Å²) in [4.78, 5) is 13.1. The van der Waals surface area contributed by atoms with E-state index in [2.05, 4.69) is 0 Å². The molecule has 2 aromatic rings.